The Kier molecular flexibility index (Phi) is 11.6. The van der Waals surface area contributed by atoms with Crippen molar-refractivity contribution in [2.75, 3.05) is 0 Å². The minimum absolute atomic E-state index is 0. The zero-order chi connectivity index (χ0) is 50.7. The molecule has 0 saturated carbocycles. The molecular formula is C64H56N3OPt-. The topological polar surface area (TPSA) is 50.9 Å². The van der Waals surface area contributed by atoms with Gasteiger partial charge in [0.15, 0.2) is 0 Å². The first kappa shape index (κ1) is 42.0. The molecule has 8 aromatic carbocycles. The predicted molar refractivity (Wildman–Crippen MR) is 284 cm³/mol. The summed E-state index contributed by atoms with van der Waals surface area (Å²) in [4.78, 5) is 10.4. The number of para-hydroxylation sites is 1. The van der Waals surface area contributed by atoms with Crippen molar-refractivity contribution >= 4 is 11.0 Å². The van der Waals surface area contributed by atoms with Crippen LogP contribution in [0, 0.1) is 26.8 Å². The monoisotopic (exact) mass is 1080 g/mol. The Labute approximate surface area is 427 Å². The summed E-state index contributed by atoms with van der Waals surface area (Å²) >= 11 is 0. The molecule has 2 aromatic heterocycles. The van der Waals surface area contributed by atoms with Gasteiger partial charge in [0, 0.05) is 44.0 Å². The fraction of sp³-hybridized carbons (Fsp3) is 0.156. The summed E-state index contributed by atoms with van der Waals surface area (Å²) < 4.78 is 37.7. The van der Waals surface area contributed by atoms with E-state index >= 15 is 0 Å². The van der Waals surface area contributed by atoms with Crippen molar-refractivity contribution in [3.05, 3.63) is 216 Å². The van der Waals surface area contributed by atoms with Gasteiger partial charge in [0.2, 0.25) is 0 Å². The molecule has 0 atom stereocenters. The van der Waals surface area contributed by atoms with Gasteiger partial charge in [-0.25, -0.2) is 4.98 Å². The van der Waals surface area contributed by atoms with Gasteiger partial charge in [-0.3, -0.25) is 9.55 Å². The molecule has 0 amide bonds. The molecule has 344 valence electrons. The van der Waals surface area contributed by atoms with Crippen molar-refractivity contribution in [1.82, 2.24) is 14.5 Å². The largest absolute Gasteiger partial charge is 0.507 e. The minimum Gasteiger partial charge on any atom is -0.507 e. The maximum Gasteiger partial charge on any atom is 0.148 e. The van der Waals surface area contributed by atoms with Crippen LogP contribution in [-0.4, -0.2) is 19.6 Å². The second kappa shape index (κ2) is 19.1. The number of hydrogen-bond acceptors (Lipinski definition) is 3. The second-order valence-electron chi connectivity index (χ2n) is 19.1. The summed E-state index contributed by atoms with van der Waals surface area (Å²) in [6, 6.07) is 62.5. The summed E-state index contributed by atoms with van der Waals surface area (Å²) in [6.45, 7) is 11.7. The van der Waals surface area contributed by atoms with Crippen molar-refractivity contribution in [1.29, 1.82) is 0 Å². The van der Waals surface area contributed by atoms with Crippen LogP contribution in [0.5, 0.6) is 5.75 Å². The van der Waals surface area contributed by atoms with Crippen molar-refractivity contribution in [2.45, 2.75) is 66.6 Å². The van der Waals surface area contributed by atoms with Gasteiger partial charge in [-0.15, -0.1) is 23.8 Å². The summed E-state index contributed by atoms with van der Waals surface area (Å²) in [5, 5.41) is 12.0. The molecule has 2 heterocycles. The predicted octanol–water partition coefficient (Wildman–Crippen LogP) is 16.9. The number of imidazole rings is 1. The summed E-state index contributed by atoms with van der Waals surface area (Å²) in [5.41, 5.74) is 16.6. The van der Waals surface area contributed by atoms with Crippen LogP contribution in [0.15, 0.2) is 182 Å². The fourth-order valence-electron chi connectivity index (χ4n) is 9.29. The number of benzene rings is 8. The van der Waals surface area contributed by atoms with E-state index in [0.29, 0.717) is 33.7 Å². The van der Waals surface area contributed by atoms with Gasteiger partial charge in [-0.1, -0.05) is 185 Å². The van der Waals surface area contributed by atoms with E-state index in [9.17, 15) is 5.11 Å². The normalized spacial score (nSPS) is 12.7. The SMILES string of the molecule is [2H]C([2H])([2H])c1cc(-n2c(-c3cc(C)cc(C)c3O)nc3c(-c4[c-]c(-c5cc(-c6ccc(C([2H])(C)C)cc6)ccn5)cc(-c5ccccc5)c4)cccc32)c(-c2ccccc2)cc1-c1ccc(C(C)(C)C)cc1.[Pt]. The molecule has 1 N–H and O–H groups in total. The number of phenols is 1. The first-order valence-corrected chi connectivity index (χ1v) is 23.2. The van der Waals surface area contributed by atoms with Crippen LogP contribution in [0.2, 0.25) is 0 Å². The van der Waals surface area contributed by atoms with E-state index in [1.807, 2.05) is 154 Å². The first-order chi connectivity index (χ1) is 34.3. The maximum atomic E-state index is 12.0. The molecule has 5 heteroatoms. The molecule has 0 bridgehead atoms. The van der Waals surface area contributed by atoms with Crippen molar-refractivity contribution in [3.8, 4) is 89.7 Å². The van der Waals surface area contributed by atoms with Gasteiger partial charge in [-0.05, 0) is 124 Å². The Morgan fingerprint density at radius 2 is 1.25 bits per heavy atom. The molecule has 69 heavy (non-hydrogen) atoms. The van der Waals surface area contributed by atoms with E-state index in [-0.39, 0.29) is 37.8 Å². The third-order valence-electron chi connectivity index (χ3n) is 13.0. The Balaban J connectivity index is 0.00000656. The molecule has 0 aliphatic heterocycles. The molecule has 0 aliphatic carbocycles. The van der Waals surface area contributed by atoms with Gasteiger partial charge in [-0.2, -0.15) is 0 Å². The van der Waals surface area contributed by atoms with Crippen LogP contribution in [-0.2, 0) is 26.5 Å². The summed E-state index contributed by atoms with van der Waals surface area (Å²) in [6.07, 6.45) is 1.82. The van der Waals surface area contributed by atoms with E-state index in [1.54, 1.807) is 6.07 Å². The van der Waals surface area contributed by atoms with Gasteiger partial charge in [0.05, 0.1) is 22.3 Å². The minimum atomic E-state index is -2.50. The number of rotatable bonds is 9. The van der Waals surface area contributed by atoms with Crippen LogP contribution < -0.4 is 0 Å². The van der Waals surface area contributed by atoms with E-state index in [0.717, 1.165) is 83.5 Å². The quantitative estimate of drug-likeness (QED) is 0.147. The number of fused-ring (bicyclic) bond motifs is 1. The summed E-state index contributed by atoms with van der Waals surface area (Å²) in [7, 11) is 0. The van der Waals surface area contributed by atoms with Crippen molar-refractivity contribution < 1.29 is 31.7 Å². The van der Waals surface area contributed by atoms with Crippen molar-refractivity contribution in [2.24, 2.45) is 0 Å². The first-order valence-electron chi connectivity index (χ1n) is 25.2. The van der Waals surface area contributed by atoms with Crippen LogP contribution in [0.1, 0.15) is 73.8 Å². The standard InChI is InChI=1S/C64H56N3O.Pt/c1-40(2)44-22-24-46(25-23-44)49-30-31-65-58(38-49)52-36-50(45-16-11-9-12-17-45)35-51(37-52)54-20-15-21-59-61(54)66-63(57-33-41(3)32-43(5)62(57)68)67(59)60-34-42(4)55(39-56(60)47-18-13-10-14-19-47)48-26-28-53(29-27-48)64(6,7)8;/h9-36,38-40,68H,1-8H3;/q-1;/i4D3,40D;. The number of pyridine rings is 1. The number of aromatic hydroxyl groups is 1. The molecule has 0 saturated heterocycles. The van der Waals surface area contributed by atoms with E-state index < -0.39 is 12.7 Å². The molecule has 0 radical (unpaired) electrons. The molecule has 0 fully saturated rings. The van der Waals surface area contributed by atoms with Crippen LogP contribution in [0.25, 0.3) is 95.0 Å². The third-order valence-corrected chi connectivity index (χ3v) is 13.0. The van der Waals surface area contributed by atoms with Crippen molar-refractivity contribution in [3.63, 3.8) is 0 Å². The second-order valence-corrected chi connectivity index (χ2v) is 19.1. The Morgan fingerprint density at radius 3 is 1.93 bits per heavy atom. The van der Waals surface area contributed by atoms with E-state index in [1.165, 1.54) is 0 Å². The maximum absolute atomic E-state index is 12.0. The molecule has 0 spiro atoms. The van der Waals surface area contributed by atoms with Crippen LogP contribution in [0.4, 0.5) is 0 Å². The van der Waals surface area contributed by atoms with Crippen LogP contribution in [0.3, 0.4) is 0 Å². The number of aromatic nitrogens is 3. The number of phenolic OH excluding ortho intramolecular Hbond substituents is 1. The Hall–Kier alpha value is -7.13. The molecular weight excluding hydrogens is 1020 g/mol. The number of nitrogens with zero attached hydrogens (tertiary/aromatic N) is 3. The average molecular weight is 1080 g/mol. The van der Waals surface area contributed by atoms with Gasteiger partial charge in [0.25, 0.3) is 0 Å². The molecule has 0 unspecified atom stereocenters. The Bertz CT molecular complexity index is 3650. The van der Waals surface area contributed by atoms with Crippen LogP contribution >= 0.6 is 0 Å². The Morgan fingerprint density at radius 1 is 0.594 bits per heavy atom. The number of aryl methyl sites for hydroxylation is 3. The molecule has 10 rings (SSSR count). The smallest absolute Gasteiger partial charge is 0.148 e. The summed E-state index contributed by atoms with van der Waals surface area (Å²) in [5.74, 6) is -0.152. The fourth-order valence-corrected chi connectivity index (χ4v) is 9.29. The average Bonchev–Trinajstić information content (AvgIpc) is 3.76. The number of hydrogen-bond donors (Lipinski definition) is 1. The molecule has 4 nitrogen and oxygen atoms in total. The van der Waals surface area contributed by atoms with E-state index in [2.05, 4.69) is 81.4 Å². The van der Waals surface area contributed by atoms with Gasteiger partial charge in [0.1, 0.15) is 11.6 Å². The van der Waals surface area contributed by atoms with Gasteiger partial charge < -0.3 is 5.11 Å². The van der Waals surface area contributed by atoms with Gasteiger partial charge >= 0.3 is 0 Å². The zero-order valence-electron chi connectivity index (χ0n) is 43.9. The third kappa shape index (κ3) is 9.27. The molecule has 10 aromatic rings. The zero-order valence-corrected chi connectivity index (χ0v) is 42.2. The van der Waals surface area contributed by atoms with E-state index in [4.69, 9.17) is 15.5 Å². The molecule has 0 aliphatic rings.